The van der Waals surface area contributed by atoms with Gasteiger partial charge in [-0.25, -0.2) is 0 Å². The van der Waals surface area contributed by atoms with Gasteiger partial charge in [0, 0.05) is 25.7 Å². The Kier molecular flexibility index (Phi) is 7.20. The van der Waals surface area contributed by atoms with E-state index >= 15 is 0 Å². The van der Waals surface area contributed by atoms with E-state index < -0.39 is 0 Å². The Morgan fingerprint density at radius 1 is 1.29 bits per heavy atom. The third-order valence-electron chi connectivity index (χ3n) is 4.22. The Hall–Kier alpha value is -0.900. The van der Waals surface area contributed by atoms with Crippen LogP contribution in [0.1, 0.15) is 44.7 Å². The number of nitrogens with zero attached hydrogens (tertiary/aromatic N) is 1. The van der Waals surface area contributed by atoms with Crippen LogP contribution < -0.4 is 5.32 Å². The number of ether oxygens (including phenoxy) is 1. The molecule has 1 fully saturated rings. The van der Waals surface area contributed by atoms with E-state index in [4.69, 9.17) is 4.74 Å². The summed E-state index contributed by atoms with van der Waals surface area (Å²) in [6.45, 7) is 9.68. The van der Waals surface area contributed by atoms with E-state index in [1.165, 1.54) is 24.8 Å². The quantitative estimate of drug-likeness (QED) is 0.755. The van der Waals surface area contributed by atoms with Gasteiger partial charge in [-0.05, 0) is 37.9 Å². The maximum atomic E-state index is 5.79. The highest BCUT2D eigenvalue weighted by Gasteiger charge is 2.21. The van der Waals surface area contributed by atoms with E-state index in [0.717, 1.165) is 32.8 Å². The molecule has 0 radical (unpaired) electrons. The fourth-order valence-electron chi connectivity index (χ4n) is 2.96. The third kappa shape index (κ3) is 5.42. The van der Waals surface area contributed by atoms with Crippen molar-refractivity contribution in [3.8, 4) is 0 Å². The maximum Gasteiger partial charge on any atom is 0.0702 e. The molecule has 1 aromatic rings. The second-order valence-corrected chi connectivity index (χ2v) is 5.90. The van der Waals surface area contributed by atoms with Gasteiger partial charge in [0.25, 0.3) is 0 Å². The summed E-state index contributed by atoms with van der Waals surface area (Å²) >= 11 is 0. The van der Waals surface area contributed by atoms with E-state index in [1.807, 2.05) is 0 Å². The smallest absolute Gasteiger partial charge is 0.0702 e. The fourth-order valence-corrected chi connectivity index (χ4v) is 2.96. The average molecular weight is 290 g/mol. The van der Waals surface area contributed by atoms with Crippen LogP contribution >= 0.6 is 0 Å². The lowest BCUT2D eigenvalue weighted by molar-refractivity contribution is 0.0715. The van der Waals surface area contributed by atoms with Gasteiger partial charge in [0.1, 0.15) is 0 Å². The summed E-state index contributed by atoms with van der Waals surface area (Å²) in [7, 11) is 0. The molecule has 1 aliphatic rings. The van der Waals surface area contributed by atoms with Crippen molar-refractivity contribution in [2.45, 2.75) is 45.3 Å². The van der Waals surface area contributed by atoms with E-state index in [2.05, 4.69) is 54.4 Å². The van der Waals surface area contributed by atoms with Crippen LogP contribution in [0.25, 0.3) is 0 Å². The predicted octanol–water partition coefficient (Wildman–Crippen LogP) is 3.23. The van der Waals surface area contributed by atoms with Gasteiger partial charge in [0.15, 0.2) is 0 Å². The Bertz CT molecular complexity index is 376. The summed E-state index contributed by atoms with van der Waals surface area (Å²) in [6, 6.07) is 11.2. The molecule has 21 heavy (non-hydrogen) atoms. The van der Waals surface area contributed by atoms with Crippen molar-refractivity contribution in [3.05, 3.63) is 35.9 Å². The molecule has 118 valence electrons. The van der Waals surface area contributed by atoms with Crippen molar-refractivity contribution >= 4 is 0 Å². The zero-order valence-corrected chi connectivity index (χ0v) is 13.6. The van der Waals surface area contributed by atoms with Crippen molar-refractivity contribution in [1.29, 1.82) is 0 Å². The topological polar surface area (TPSA) is 24.5 Å². The average Bonchev–Trinajstić information content (AvgIpc) is 3.04. The van der Waals surface area contributed by atoms with Crippen molar-refractivity contribution in [2.75, 3.05) is 32.8 Å². The van der Waals surface area contributed by atoms with Crippen molar-refractivity contribution in [2.24, 2.45) is 0 Å². The van der Waals surface area contributed by atoms with Gasteiger partial charge in [-0.15, -0.1) is 0 Å². The number of rotatable bonds is 9. The first-order chi connectivity index (χ1) is 10.3. The molecule has 2 unspecified atom stereocenters. The van der Waals surface area contributed by atoms with Crippen LogP contribution in [-0.2, 0) is 4.74 Å². The minimum atomic E-state index is 0.410. The van der Waals surface area contributed by atoms with Crippen molar-refractivity contribution in [1.82, 2.24) is 10.2 Å². The summed E-state index contributed by atoms with van der Waals surface area (Å²) in [5, 5.41) is 3.69. The van der Waals surface area contributed by atoms with E-state index in [0.29, 0.717) is 12.1 Å². The largest absolute Gasteiger partial charge is 0.377 e. The molecule has 0 aromatic heterocycles. The van der Waals surface area contributed by atoms with Gasteiger partial charge in [0.2, 0.25) is 0 Å². The minimum Gasteiger partial charge on any atom is -0.377 e. The van der Waals surface area contributed by atoms with Crippen LogP contribution in [-0.4, -0.2) is 43.8 Å². The first-order valence-corrected chi connectivity index (χ1v) is 8.45. The summed E-state index contributed by atoms with van der Waals surface area (Å²) in [6.07, 6.45) is 4.04. The molecule has 0 bridgehead atoms. The third-order valence-corrected chi connectivity index (χ3v) is 4.22. The van der Waals surface area contributed by atoms with Gasteiger partial charge in [-0.2, -0.15) is 0 Å². The molecule has 2 rings (SSSR count). The predicted molar refractivity (Wildman–Crippen MR) is 88.6 cm³/mol. The first-order valence-electron chi connectivity index (χ1n) is 8.45. The van der Waals surface area contributed by atoms with Gasteiger partial charge in [0.05, 0.1) is 6.10 Å². The SMILES string of the molecule is CCCNC(CN(CC)CC1CCCO1)c1ccccc1. The Labute approximate surface area is 129 Å². The van der Waals surface area contributed by atoms with Gasteiger partial charge in [-0.1, -0.05) is 44.2 Å². The molecule has 0 saturated carbocycles. The standard InChI is InChI=1S/C18H30N2O/c1-3-12-19-18(16-9-6-5-7-10-16)15-20(4-2)14-17-11-8-13-21-17/h5-7,9-10,17-19H,3-4,8,11-15H2,1-2H3. The second kappa shape index (κ2) is 9.19. The molecule has 1 aliphatic heterocycles. The molecule has 1 aromatic carbocycles. The number of likely N-dealkylation sites (N-methyl/N-ethyl adjacent to an activating group) is 1. The van der Waals surface area contributed by atoms with Gasteiger partial charge >= 0.3 is 0 Å². The lowest BCUT2D eigenvalue weighted by Crippen LogP contribution is -2.39. The molecule has 0 spiro atoms. The monoisotopic (exact) mass is 290 g/mol. The Morgan fingerprint density at radius 2 is 2.10 bits per heavy atom. The van der Waals surface area contributed by atoms with Crippen LogP contribution in [0.4, 0.5) is 0 Å². The molecule has 3 nitrogen and oxygen atoms in total. The zero-order valence-electron chi connectivity index (χ0n) is 13.6. The lowest BCUT2D eigenvalue weighted by Gasteiger charge is -2.29. The lowest BCUT2D eigenvalue weighted by atomic mass is 10.1. The maximum absolute atomic E-state index is 5.79. The highest BCUT2D eigenvalue weighted by Crippen LogP contribution is 2.17. The summed E-state index contributed by atoms with van der Waals surface area (Å²) < 4.78 is 5.79. The number of nitrogens with one attached hydrogen (secondary N) is 1. The molecule has 1 heterocycles. The highest BCUT2D eigenvalue weighted by atomic mass is 16.5. The molecule has 2 atom stereocenters. The normalized spacial score (nSPS) is 20.0. The number of hydrogen-bond acceptors (Lipinski definition) is 3. The molecular weight excluding hydrogens is 260 g/mol. The number of hydrogen-bond donors (Lipinski definition) is 1. The van der Waals surface area contributed by atoms with Crippen LogP contribution in [0.2, 0.25) is 0 Å². The first kappa shape index (κ1) is 16.5. The summed E-state index contributed by atoms with van der Waals surface area (Å²) in [4.78, 5) is 2.52. The molecule has 1 N–H and O–H groups in total. The second-order valence-electron chi connectivity index (χ2n) is 5.90. The zero-order chi connectivity index (χ0) is 14.9. The van der Waals surface area contributed by atoms with Crippen LogP contribution in [0.3, 0.4) is 0 Å². The van der Waals surface area contributed by atoms with E-state index in [1.54, 1.807) is 0 Å². The van der Waals surface area contributed by atoms with Crippen LogP contribution in [0, 0.1) is 0 Å². The van der Waals surface area contributed by atoms with Gasteiger partial charge < -0.3 is 10.1 Å². The minimum absolute atomic E-state index is 0.410. The van der Waals surface area contributed by atoms with Crippen molar-refractivity contribution in [3.63, 3.8) is 0 Å². The highest BCUT2D eigenvalue weighted by molar-refractivity contribution is 5.19. The number of benzene rings is 1. The summed E-state index contributed by atoms with van der Waals surface area (Å²) in [5.74, 6) is 0. The molecule has 1 saturated heterocycles. The van der Waals surface area contributed by atoms with Crippen LogP contribution in [0.15, 0.2) is 30.3 Å². The molecule has 3 heteroatoms. The molecular formula is C18H30N2O. The van der Waals surface area contributed by atoms with Crippen LogP contribution in [0.5, 0.6) is 0 Å². The fraction of sp³-hybridized carbons (Fsp3) is 0.667. The van der Waals surface area contributed by atoms with Gasteiger partial charge in [-0.3, -0.25) is 4.90 Å². The molecule has 0 amide bonds. The Balaban J connectivity index is 1.94. The van der Waals surface area contributed by atoms with E-state index in [-0.39, 0.29) is 0 Å². The van der Waals surface area contributed by atoms with Crippen molar-refractivity contribution < 1.29 is 4.74 Å². The Morgan fingerprint density at radius 3 is 2.71 bits per heavy atom. The molecule has 0 aliphatic carbocycles. The van der Waals surface area contributed by atoms with E-state index in [9.17, 15) is 0 Å². The summed E-state index contributed by atoms with van der Waals surface area (Å²) in [5.41, 5.74) is 1.39.